The largest absolute Gasteiger partial charge is 0.230 e. The molecule has 1 heterocycles. The number of aromatic nitrogens is 1. The van der Waals surface area contributed by atoms with E-state index in [-0.39, 0.29) is 19.5 Å². The van der Waals surface area contributed by atoms with Crippen molar-refractivity contribution < 1.29 is 19.5 Å². The molecule has 2 rings (SSSR count). The van der Waals surface area contributed by atoms with E-state index in [2.05, 4.69) is 30.2 Å². The smallest absolute Gasteiger partial charge is 0.148 e. The predicted molar refractivity (Wildman–Crippen MR) is 54.1 cm³/mol. The average molecular weight is 265 g/mol. The Hall–Kier alpha value is 0.433. The first kappa shape index (κ1) is 10.5. The number of thiol groups is 2. The Labute approximate surface area is 98.2 Å². The molecule has 5 heteroatoms. The molecule has 0 bridgehead atoms. The molecule has 0 radical (unpaired) electrons. The molecule has 0 aliphatic carbocycles. The molecule has 0 saturated carbocycles. The molecular formula is C7H5NS3Zn. The number of fused-ring (bicyclic) bond motifs is 1. The van der Waals surface area contributed by atoms with Crippen molar-refractivity contribution >= 4 is 46.8 Å². The van der Waals surface area contributed by atoms with Gasteiger partial charge in [-0.1, -0.05) is 0 Å². The molecule has 0 spiro atoms. The van der Waals surface area contributed by atoms with Crippen LogP contribution in [0, 0.1) is 0 Å². The van der Waals surface area contributed by atoms with Crippen molar-refractivity contribution in [1.82, 2.24) is 4.98 Å². The van der Waals surface area contributed by atoms with Crippen LogP contribution in [0.5, 0.6) is 0 Å². The molecule has 58 valence electrons. The maximum Gasteiger partial charge on any atom is 0.148 e. The van der Waals surface area contributed by atoms with Gasteiger partial charge in [-0.15, -0.1) is 36.6 Å². The van der Waals surface area contributed by atoms with Gasteiger partial charge in [-0.3, -0.25) is 0 Å². The Morgan fingerprint density at radius 3 is 2.75 bits per heavy atom. The van der Waals surface area contributed by atoms with Gasteiger partial charge in [0.2, 0.25) is 0 Å². The molecule has 0 aliphatic heterocycles. The topological polar surface area (TPSA) is 12.9 Å². The van der Waals surface area contributed by atoms with Gasteiger partial charge in [0.25, 0.3) is 0 Å². The number of hydrogen-bond donors (Lipinski definition) is 2. The van der Waals surface area contributed by atoms with Crippen LogP contribution < -0.4 is 0 Å². The summed E-state index contributed by atoms with van der Waals surface area (Å²) < 4.78 is 1.96. The summed E-state index contributed by atoms with van der Waals surface area (Å²) in [6, 6.07) is 5.90. The van der Waals surface area contributed by atoms with Crippen LogP contribution in [0.3, 0.4) is 0 Å². The second kappa shape index (κ2) is 4.10. The molecule has 0 saturated heterocycles. The Kier molecular flexibility index (Phi) is 3.59. The predicted octanol–water partition coefficient (Wildman–Crippen LogP) is 2.87. The Bertz CT molecular complexity index is 398. The maximum atomic E-state index is 4.21. The summed E-state index contributed by atoms with van der Waals surface area (Å²) in [5.74, 6) is 0. The van der Waals surface area contributed by atoms with Crippen LogP contribution in [0.1, 0.15) is 0 Å². The first-order valence-electron chi connectivity index (χ1n) is 3.04. The number of thiazole rings is 1. The van der Waals surface area contributed by atoms with Crippen molar-refractivity contribution in [1.29, 1.82) is 0 Å². The van der Waals surface area contributed by atoms with Gasteiger partial charge in [-0.05, 0) is 18.2 Å². The van der Waals surface area contributed by atoms with Crippen LogP contribution >= 0.6 is 36.6 Å². The molecule has 0 amide bonds. The van der Waals surface area contributed by atoms with E-state index in [1.807, 2.05) is 18.2 Å². The van der Waals surface area contributed by atoms with Crippen molar-refractivity contribution in [3.63, 3.8) is 0 Å². The summed E-state index contributed by atoms with van der Waals surface area (Å²) in [6.07, 6.45) is 0. The molecule has 0 aliphatic rings. The zero-order chi connectivity index (χ0) is 7.84. The van der Waals surface area contributed by atoms with Gasteiger partial charge in [-0.2, -0.15) is 0 Å². The molecule has 0 fully saturated rings. The normalized spacial score (nSPS) is 9.83. The fourth-order valence-corrected chi connectivity index (χ4v) is 2.19. The minimum atomic E-state index is 0. The molecule has 1 nitrogen and oxygen atoms in total. The van der Waals surface area contributed by atoms with Gasteiger partial charge in [-0.25, -0.2) is 4.98 Å². The van der Waals surface area contributed by atoms with E-state index in [1.165, 1.54) is 0 Å². The van der Waals surface area contributed by atoms with Crippen LogP contribution in [0.25, 0.3) is 10.2 Å². The van der Waals surface area contributed by atoms with Gasteiger partial charge in [0.15, 0.2) is 0 Å². The molecule has 12 heavy (non-hydrogen) atoms. The molecule has 0 unspecified atom stereocenters. The van der Waals surface area contributed by atoms with Crippen LogP contribution in [0.4, 0.5) is 0 Å². The standard InChI is InChI=1S/C7H5NS3.Zn/c9-4-1-2-6-5(3-4)8-7(10)11-6;/h1-3,9H,(H,8,10);. The number of hydrogen-bond acceptors (Lipinski definition) is 4. The quantitative estimate of drug-likeness (QED) is 0.551. The van der Waals surface area contributed by atoms with E-state index in [0.29, 0.717) is 0 Å². The second-order valence-electron chi connectivity index (χ2n) is 2.15. The monoisotopic (exact) mass is 263 g/mol. The van der Waals surface area contributed by atoms with E-state index >= 15 is 0 Å². The number of nitrogens with zero attached hydrogens (tertiary/aromatic N) is 1. The van der Waals surface area contributed by atoms with Crippen LogP contribution in [-0.4, -0.2) is 4.98 Å². The van der Waals surface area contributed by atoms with Crippen LogP contribution in [-0.2, 0) is 19.5 Å². The van der Waals surface area contributed by atoms with Crippen LogP contribution in [0.15, 0.2) is 27.4 Å². The molecular weight excluding hydrogens is 260 g/mol. The maximum absolute atomic E-state index is 4.21. The van der Waals surface area contributed by atoms with Gasteiger partial charge in [0.05, 0.1) is 10.2 Å². The third-order valence-corrected chi connectivity index (χ3v) is 2.85. The first-order valence-corrected chi connectivity index (χ1v) is 4.75. The fourth-order valence-electron chi connectivity index (χ4n) is 0.904. The van der Waals surface area contributed by atoms with Crippen molar-refractivity contribution in [2.24, 2.45) is 0 Å². The fraction of sp³-hybridized carbons (Fsp3) is 0. The summed E-state index contributed by atoms with van der Waals surface area (Å²) in [5.41, 5.74) is 0.979. The van der Waals surface area contributed by atoms with E-state index in [9.17, 15) is 0 Å². The summed E-state index contributed by atoms with van der Waals surface area (Å²) in [4.78, 5) is 5.15. The Morgan fingerprint density at radius 2 is 2.00 bits per heavy atom. The minimum Gasteiger partial charge on any atom is -0.230 e. The average Bonchev–Trinajstić information content (AvgIpc) is 2.27. The Morgan fingerprint density at radius 1 is 1.25 bits per heavy atom. The number of rotatable bonds is 0. The van der Waals surface area contributed by atoms with Gasteiger partial charge >= 0.3 is 0 Å². The zero-order valence-corrected chi connectivity index (χ0v) is 11.8. The third-order valence-electron chi connectivity index (χ3n) is 1.36. The minimum absolute atomic E-state index is 0. The van der Waals surface area contributed by atoms with Crippen molar-refractivity contribution in [3.8, 4) is 0 Å². The molecule has 0 atom stereocenters. The summed E-state index contributed by atoms with van der Waals surface area (Å²) >= 11 is 9.95. The van der Waals surface area contributed by atoms with Gasteiger partial charge in [0.1, 0.15) is 4.34 Å². The van der Waals surface area contributed by atoms with E-state index in [0.717, 1.165) is 19.5 Å². The van der Waals surface area contributed by atoms with Crippen molar-refractivity contribution in [3.05, 3.63) is 18.2 Å². The molecule has 0 N–H and O–H groups in total. The molecule has 1 aromatic heterocycles. The first-order chi connectivity index (χ1) is 5.25. The third kappa shape index (κ3) is 2.02. The van der Waals surface area contributed by atoms with Gasteiger partial charge < -0.3 is 0 Å². The van der Waals surface area contributed by atoms with E-state index in [1.54, 1.807) is 11.3 Å². The SMILES string of the molecule is Sc1ccc2sc(S)nc2c1.[Zn]. The summed E-state index contributed by atoms with van der Waals surface area (Å²) in [5, 5.41) is 0. The molecule has 1 aromatic carbocycles. The van der Waals surface area contributed by atoms with Crippen molar-refractivity contribution in [2.75, 3.05) is 0 Å². The van der Waals surface area contributed by atoms with E-state index in [4.69, 9.17) is 0 Å². The zero-order valence-electron chi connectivity index (χ0n) is 6.19. The van der Waals surface area contributed by atoms with E-state index < -0.39 is 0 Å². The van der Waals surface area contributed by atoms with Crippen LogP contribution in [0.2, 0.25) is 0 Å². The Balaban J connectivity index is 0.000000720. The molecule has 2 aromatic rings. The second-order valence-corrected chi connectivity index (χ2v) is 4.42. The summed E-state index contributed by atoms with van der Waals surface area (Å²) in [6.45, 7) is 0. The van der Waals surface area contributed by atoms with Crippen molar-refractivity contribution in [2.45, 2.75) is 9.24 Å². The summed E-state index contributed by atoms with van der Waals surface area (Å²) in [7, 11) is 0. The number of benzene rings is 1. The van der Waals surface area contributed by atoms with Gasteiger partial charge in [0, 0.05) is 24.4 Å².